The van der Waals surface area contributed by atoms with Crippen LogP contribution < -0.4 is 0 Å². The second-order valence-corrected chi connectivity index (χ2v) is 6.47. The Labute approximate surface area is 186 Å². The van der Waals surface area contributed by atoms with E-state index in [4.69, 9.17) is 25.5 Å². The lowest BCUT2D eigenvalue weighted by Crippen LogP contribution is -1.78. The van der Waals surface area contributed by atoms with Gasteiger partial charge in [-0.05, 0) is 70.8 Å². The summed E-state index contributed by atoms with van der Waals surface area (Å²) in [6.07, 6.45) is 0. The van der Waals surface area contributed by atoms with E-state index in [0.717, 1.165) is 22.3 Å². The Morgan fingerprint density at radius 2 is 0.688 bits per heavy atom. The lowest BCUT2D eigenvalue weighted by atomic mass is 10.0. The van der Waals surface area contributed by atoms with E-state index in [-0.39, 0.29) is 11.5 Å². The fraction of sp³-hybridized carbons (Fsp3) is 0. The van der Waals surface area contributed by atoms with Crippen molar-refractivity contribution in [2.24, 2.45) is 0 Å². The van der Waals surface area contributed by atoms with Crippen molar-refractivity contribution in [3.05, 3.63) is 108 Å². The summed E-state index contributed by atoms with van der Waals surface area (Å²) in [6.45, 7) is 2.00. The minimum absolute atomic E-state index is 0.257. The summed E-state index contributed by atoms with van der Waals surface area (Å²) in [4.78, 5) is 8.00. The van der Waals surface area contributed by atoms with Crippen LogP contribution in [0.5, 0.6) is 11.5 Å². The third-order valence-corrected chi connectivity index (χ3v) is 4.43. The van der Waals surface area contributed by atoms with Crippen molar-refractivity contribution in [2.45, 2.75) is 0 Å². The molecule has 156 valence electrons. The van der Waals surface area contributed by atoms with E-state index in [9.17, 15) is 0 Å². The van der Waals surface area contributed by atoms with Crippen molar-refractivity contribution >= 4 is 6.79 Å². The monoisotopic (exact) mass is 420 g/mol. The Bertz CT molecular complexity index is 1100. The number of phenolic OH excluding ortho intramolecular Hbond substituents is 2. The lowest BCUT2D eigenvalue weighted by molar-refractivity contribution is -0.0979. The van der Waals surface area contributed by atoms with Gasteiger partial charge in [-0.15, -0.1) is 0 Å². The molecule has 0 heterocycles. The number of nitriles is 2. The first-order chi connectivity index (χ1) is 15.6. The number of rotatable bonds is 2. The van der Waals surface area contributed by atoms with Crippen LogP contribution in [0, 0.1) is 22.7 Å². The van der Waals surface area contributed by atoms with Crippen LogP contribution in [-0.4, -0.2) is 17.0 Å². The van der Waals surface area contributed by atoms with Crippen molar-refractivity contribution < 1.29 is 15.0 Å². The molecule has 0 amide bonds. The number of phenols is 2. The van der Waals surface area contributed by atoms with Gasteiger partial charge in [-0.1, -0.05) is 48.5 Å². The predicted molar refractivity (Wildman–Crippen MR) is 124 cm³/mol. The van der Waals surface area contributed by atoms with Gasteiger partial charge in [0.15, 0.2) is 0 Å². The van der Waals surface area contributed by atoms with Crippen LogP contribution >= 0.6 is 0 Å². The van der Waals surface area contributed by atoms with Crippen molar-refractivity contribution in [1.29, 1.82) is 10.5 Å². The Hall–Kier alpha value is -4.87. The van der Waals surface area contributed by atoms with E-state index in [2.05, 4.69) is 12.1 Å². The lowest BCUT2D eigenvalue weighted by Gasteiger charge is -2.01. The molecular formula is C27H20N2O3. The van der Waals surface area contributed by atoms with E-state index in [1.165, 1.54) is 0 Å². The number of hydrogen-bond acceptors (Lipinski definition) is 5. The molecule has 0 aliphatic heterocycles. The smallest absolute Gasteiger partial charge is 0.115 e. The van der Waals surface area contributed by atoms with Gasteiger partial charge in [-0.3, -0.25) is 0 Å². The average Bonchev–Trinajstić information content (AvgIpc) is 2.87. The molecule has 4 aromatic carbocycles. The van der Waals surface area contributed by atoms with Crippen molar-refractivity contribution in [3.63, 3.8) is 0 Å². The highest BCUT2D eigenvalue weighted by Crippen LogP contribution is 2.23. The minimum Gasteiger partial charge on any atom is -0.508 e. The molecule has 4 aromatic rings. The van der Waals surface area contributed by atoms with E-state index in [1.54, 1.807) is 48.5 Å². The molecule has 0 saturated heterocycles. The molecule has 5 heteroatoms. The molecule has 0 radical (unpaired) electrons. The maximum absolute atomic E-state index is 9.14. The molecule has 0 spiro atoms. The number of hydrogen-bond donors (Lipinski definition) is 2. The maximum Gasteiger partial charge on any atom is 0.115 e. The first-order valence-electron chi connectivity index (χ1n) is 9.47. The molecule has 0 unspecified atom stereocenters. The quantitative estimate of drug-likeness (QED) is 0.434. The molecule has 0 saturated carbocycles. The van der Waals surface area contributed by atoms with Crippen molar-refractivity contribution in [2.75, 3.05) is 0 Å². The number of benzene rings is 4. The maximum atomic E-state index is 9.14. The van der Waals surface area contributed by atoms with Gasteiger partial charge in [0, 0.05) is 0 Å². The Morgan fingerprint density at radius 1 is 0.469 bits per heavy atom. The number of carbonyl (C=O) groups excluding carboxylic acids is 1. The third-order valence-electron chi connectivity index (χ3n) is 4.43. The van der Waals surface area contributed by atoms with Gasteiger partial charge < -0.3 is 15.0 Å². The zero-order valence-corrected chi connectivity index (χ0v) is 17.1. The Balaban J connectivity index is 0.000000211. The molecule has 0 atom stereocenters. The normalized spacial score (nSPS) is 9.06. The molecule has 0 bridgehead atoms. The molecule has 4 rings (SSSR count). The number of aromatic hydroxyl groups is 2. The predicted octanol–water partition coefficient (Wildman–Crippen LogP) is 5.68. The molecule has 0 fully saturated rings. The van der Waals surface area contributed by atoms with Crippen LogP contribution in [0.1, 0.15) is 11.1 Å². The fourth-order valence-electron chi connectivity index (χ4n) is 2.78. The average molecular weight is 420 g/mol. The second-order valence-electron chi connectivity index (χ2n) is 6.47. The second kappa shape index (κ2) is 12.0. The molecule has 0 aliphatic rings. The van der Waals surface area contributed by atoms with Gasteiger partial charge >= 0.3 is 0 Å². The summed E-state index contributed by atoms with van der Waals surface area (Å²) >= 11 is 0. The van der Waals surface area contributed by atoms with Gasteiger partial charge in [0.2, 0.25) is 0 Å². The first-order valence-corrected chi connectivity index (χ1v) is 9.47. The largest absolute Gasteiger partial charge is 0.508 e. The summed E-state index contributed by atoms with van der Waals surface area (Å²) < 4.78 is 0. The summed E-state index contributed by atoms with van der Waals surface area (Å²) in [5, 5.41) is 35.6. The minimum atomic E-state index is 0.257. The summed E-state index contributed by atoms with van der Waals surface area (Å²) in [5.41, 5.74) is 5.42. The molecule has 2 N–H and O–H groups in total. The van der Waals surface area contributed by atoms with Crippen LogP contribution in [0.2, 0.25) is 0 Å². The molecule has 0 aliphatic carbocycles. The highest BCUT2D eigenvalue weighted by Gasteiger charge is 1.98. The first kappa shape index (κ1) is 23.4. The topological polar surface area (TPSA) is 105 Å². The van der Waals surface area contributed by atoms with Gasteiger partial charge in [-0.2, -0.15) is 10.5 Å². The van der Waals surface area contributed by atoms with Crippen LogP contribution in [0.25, 0.3) is 22.3 Å². The van der Waals surface area contributed by atoms with Crippen molar-refractivity contribution in [3.8, 4) is 45.9 Å². The van der Waals surface area contributed by atoms with E-state index >= 15 is 0 Å². The number of nitrogens with zero attached hydrogens (tertiary/aromatic N) is 2. The van der Waals surface area contributed by atoms with Gasteiger partial charge in [0.25, 0.3) is 0 Å². The third kappa shape index (κ3) is 6.59. The van der Waals surface area contributed by atoms with Gasteiger partial charge in [0.05, 0.1) is 23.3 Å². The molecule has 5 nitrogen and oxygen atoms in total. The highest BCUT2D eigenvalue weighted by atomic mass is 16.3. The summed E-state index contributed by atoms with van der Waals surface area (Å²) in [5.74, 6) is 0.514. The van der Waals surface area contributed by atoms with E-state index < -0.39 is 0 Å². The number of carbonyl (C=O) groups is 1. The SMILES string of the molecule is C=O.N#Cc1ccc(-c2ccc(O)cc2)cc1.N#Cc1ccc(-c2ccc(O)cc2)cc1. The molecular weight excluding hydrogens is 400 g/mol. The summed E-state index contributed by atoms with van der Waals surface area (Å²) in [7, 11) is 0. The molecule has 0 aromatic heterocycles. The van der Waals surface area contributed by atoms with E-state index in [0.29, 0.717) is 11.1 Å². The Morgan fingerprint density at radius 3 is 0.906 bits per heavy atom. The van der Waals surface area contributed by atoms with Crippen LogP contribution in [0.3, 0.4) is 0 Å². The standard InChI is InChI=1S/2C13H9NO.CH2O/c2*14-9-10-1-3-11(4-2-10)12-5-7-13(15)8-6-12;1-2/h2*1-8,15H;1H2. The van der Waals surface area contributed by atoms with Crippen LogP contribution in [0.15, 0.2) is 97.1 Å². The Kier molecular flexibility index (Phi) is 8.76. The zero-order valence-electron chi connectivity index (χ0n) is 17.1. The van der Waals surface area contributed by atoms with Crippen LogP contribution in [-0.2, 0) is 4.79 Å². The summed E-state index contributed by atoms with van der Waals surface area (Å²) in [6, 6.07) is 32.8. The zero-order chi connectivity index (χ0) is 23.3. The highest BCUT2D eigenvalue weighted by molar-refractivity contribution is 5.65. The van der Waals surface area contributed by atoms with E-state index in [1.807, 2.05) is 55.3 Å². The van der Waals surface area contributed by atoms with Crippen molar-refractivity contribution in [1.82, 2.24) is 0 Å². The van der Waals surface area contributed by atoms with Gasteiger partial charge in [0.1, 0.15) is 18.3 Å². The van der Waals surface area contributed by atoms with Gasteiger partial charge in [-0.25, -0.2) is 0 Å². The fourth-order valence-corrected chi connectivity index (χ4v) is 2.78. The van der Waals surface area contributed by atoms with Crippen LogP contribution in [0.4, 0.5) is 0 Å². The molecule has 32 heavy (non-hydrogen) atoms.